The minimum absolute atomic E-state index is 0. The monoisotopic (exact) mass is 658 g/mol. The molecule has 0 aromatic heterocycles. The third kappa shape index (κ3) is 32.6. The van der Waals surface area contributed by atoms with Crippen LogP contribution in [0, 0.1) is 11.8 Å². The Balaban J connectivity index is -0.000000569. The van der Waals surface area contributed by atoms with E-state index in [0.29, 0.717) is 13.2 Å². The molecule has 0 N–H and O–H groups in total. The summed E-state index contributed by atoms with van der Waals surface area (Å²) in [7, 11) is 0. The first kappa shape index (κ1) is 41.9. The Morgan fingerprint density at radius 1 is 0.600 bits per heavy atom. The summed E-state index contributed by atoms with van der Waals surface area (Å²) in [4.78, 5) is 0. The van der Waals surface area contributed by atoms with E-state index in [-0.39, 0.29) is 31.7 Å². The van der Waals surface area contributed by atoms with Crippen molar-refractivity contribution in [2.75, 3.05) is 13.2 Å². The molecule has 0 rings (SSSR count). The minimum atomic E-state index is -2.42. The van der Waals surface area contributed by atoms with Crippen molar-refractivity contribution in [1.82, 2.24) is 0 Å². The maximum Gasteiger partial charge on any atom is 2.00 e. The van der Waals surface area contributed by atoms with E-state index in [9.17, 15) is 0 Å². The van der Waals surface area contributed by atoms with Crippen molar-refractivity contribution in [2.24, 2.45) is 11.8 Å². The molecule has 0 aliphatic rings. The molecule has 0 saturated carbocycles. The molecule has 0 aromatic carbocycles. The fourth-order valence-electron chi connectivity index (χ4n) is 2.67. The summed E-state index contributed by atoms with van der Waals surface area (Å²) in [5.74, 6) is 1.57. The van der Waals surface area contributed by atoms with Gasteiger partial charge in [0.25, 0.3) is 0 Å². The smallest absolute Gasteiger partial charge is 0.691 e. The number of unbranched alkanes of at least 4 members (excludes halogenated alkanes) is 4. The van der Waals surface area contributed by atoms with Gasteiger partial charge in [0.15, 0.2) is 0 Å². The van der Waals surface area contributed by atoms with Crippen LogP contribution in [0.2, 0.25) is 0 Å². The molecule has 4 unspecified atom stereocenters. The Labute approximate surface area is 252 Å². The van der Waals surface area contributed by atoms with Gasteiger partial charge in [-0.2, -0.15) is 0 Å². The van der Waals surface area contributed by atoms with Crippen LogP contribution in [0.3, 0.4) is 0 Å². The Kier molecular flexibility index (Phi) is 30.5. The van der Waals surface area contributed by atoms with E-state index in [1.165, 1.54) is 38.5 Å². The van der Waals surface area contributed by atoms with Crippen molar-refractivity contribution >= 4 is 59.5 Å². The average Bonchev–Trinajstić information content (AvgIpc) is 2.72. The first-order valence-electron chi connectivity index (χ1n) is 13.0. The van der Waals surface area contributed by atoms with Gasteiger partial charge in [-0.3, -0.25) is 0 Å². The molecule has 0 spiro atoms. The van der Waals surface area contributed by atoms with Gasteiger partial charge < -0.3 is 42.6 Å². The van der Waals surface area contributed by atoms with Crippen LogP contribution in [0.25, 0.3) is 0 Å². The molecule has 4 atom stereocenters. The van der Waals surface area contributed by atoms with Crippen LogP contribution in [-0.4, -0.2) is 25.4 Å². The molecular formula is C24H52O4P2S4Zn. The van der Waals surface area contributed by atoms with Crippen molar-refractivity contribution in [1.29, 1.82) is 0 Å². The Morgan fingerprint density at radius 3 is 1.17 bits per heavy atom. The molecule has 35 heavy (non-hydrogen) atoms. The SMILES string of the molecule is CCC(C)OP(=S)([S-])OCCCCCC(C)C.CCC(C)OP(=S)([S-])OCCCCCC(C)C.[Zn+2]. The van der Waals surface area contributed by atoms with Crippen LogP contribution in [0.1, 0.15) is 120 Å². The van der Waals surface area contributed by atoms with Gasteiger partial charge in [0.05, 0.1) is 36.8 Å². The van der Waals surface area contributed by atoms with Gasteiger partial charge in [0.1, 0.15) is 0 Å². The summed E-state index contributed by atoms with van der Waals surface area (Å²) in [5.41, 5.74) is -4.83. The van der Waals surface area contributed by atoms with Gasteiger partial charge in [0, 0.05) is 0 Å². The van der Waals surface area contributed by atoms with E-state index < -0.39 is 11.4 Å². The van der Waals surface area contributed by atoms with Gasteiger partial charge in [-0.1, -0.05) is 104 Å². The van der Waals surface area contributed by atoms with E-state index in [1.807, 2.05) is 13.8 Å². The molecule has 0 amide bonds. The molecule has 208 valence electrons. The maximum atomic E-state index is 5.55. The zero-order valence-corrected chi connectivity index (χ0v) is 31.7. The van der Waals surface area contributed by atoms with Crippen LogP contribution >= 0.6 is 11.4 Å². The maximum absolute atomic E-state index is 5.55. The van der Waals surface area contributed by atoms with Gasteiger partial charge in [0.2, 0.25) is 0 Å². The molecular weight excluding hydrogens is 608 g/mol. The average molecular weight is 660 g/mol. The Morgan fingerprint density at radius 2 is 0.914 bits per heavy atom. The van der Waals surface area contributed by atoms with E-state index >= 15 is 0 Å². The van der Waals surface area contributed by atoms with Gasteiger partial charge >= 0.3 is 19.5 Å². The predicted molar refractivity (Wildman–Crippen MR) is 163 cm³/mol. The zero-order valence-electron chi connectivity index (χ0n) is 23.7. The molecule has 0 radical (unpaired) electrons. The van der Waals surface area contributed by atoms with Gasteiger partial charge in [-0.05, 0) is 51.4 Å². The van der Waals surface area contributed by atoms with Crippen LogP contribution in [0.4, 0.5) is 0 Å². The predicted octanol–water partition coefficient (Wildman–Crippen LogP) is 9.61. The topological polar surface area (TPSA) is 36.9 Å². The summed E-state index contributed by atoms with van der Waals surface area (Å²) in [5, 5.41) is 0. The zero-order chi connectivity index (χ0) is 26.6. The molecule has 4 nitrogen and oxygen atoms in total. The van der Waals surface area contributed by atoms with Gasteiger partial charge in [-0.15, -0.1) is 0 Å². The van der Waals surface area contributed by atoms with Gasteiger partial charge in [-0.25, -0.2) is 0 Å². The van der Waals surface area contributed by atoms with E-state index in [2.05, 4.69) is 41.5 Å². The first-order chi connectivity index (χ1) is 15.7. The molecule has 0 aliphatic carbocycles. The van der Waals surface area contributed by atoms with E-state index in [1.54, 1.807) is 0 Å². The van der Waals surface area contributed by atoms with Crippen LogP contribution in [-0.2, 0) is 85.7 Å². The summed E-state index contributed by atoms with van der Waals surface area (Å²) >= 11 is 20.7. The second kappa shape index (κ2) is 25.4. The molecule has 0 saturated heterocycles. The van der Waals surface area contributed by atoms with Crippen LogP contribution < -0.4 is 0 Å². The molecule has 0 heterocycles. The summed E-state index contributed by atoms with van der Waals surface area (Å²) < 4.78 is 22.2. The molecule has 0 bridgehead atoms. The van der Waals surface area contributed by atoms with Crippen molar-refractivity contribution in [3.63, 3.8) is 0 Å². The number of hydrogen-bond donors (Lipinski definition) is 0. The third-order valence-electron chi connectivity index (χ3n) is 5.12. The fourth-order valence-corrected chi connectivity index (χ4v) is 7.33. The Bertz CT molecular complexity index is 524. The first-order valence-corrected chi connectivity index (χ1v) is 20.3. The van der Waals surface area contributed by atoms with Crippen LogP contribution in [0.15, 0.2) is 0 Å². The number of rotatable bonds is 20. The third-order valence-corrected chi connectivity index (χ3v) is 9.65. The van der Waals surface area contributed by atoms with E-state index in [4.69, 9.17) is 66.2 Å². The fraction of sp³-hybridized carbons (Fsp3) is 1.00. The molecule has 0 aliphatic heterocycles. The van der Waals surface area contributed by atoms with Crippen molar-refractivity contribution in [3.8, 4) is 0 Å². The molecule has 0 aromatic rings. The quantitative estimate of drug-likeness (QED) is 0.0554. The van der Waals surface area contributed by atoms with Crippen molar-refractivity contribution in [3.05, 3.63) is 0 Å². The number of hydrogen-bond acceptors (Lipinski definition) is 8. The Hall–Kier alpha value is 2.46. The second-order valence-electron chi connectivity index (χ2n) is 9.70. The van der Waals surface area contributed by atoms with Crippen molar-refractivity contribution < 1.29 is 37.6 Å². The standard InChI is InChI=1S/2C12H27O2PS2.Zn/c2*1-5-12(4)14-15(16,17)13-10-8-6-7-9-11(2)3;/h2*11-12H,5-10H2,1-4H3,(H,16,17);/q;;+2/p-2. The summed E-state index contributed by atoms with van der Waals surface area (Å²) in [6.45, 7) is 18.4. The summed E-state index contributed by atoms with van der Waals surface area (Å²) in [6.07, 6.45) is 11.6. The van der Waals surface area contributed by atoms with Crippen molar-refractivity contribution in [2.45, 2.75) is 132 Å². The molecule has 0 fully saturated rings. The normalized spacial score (nSPS) is 16.6. The van der Waals surface area contributed by atoms with Crippen LogP contribution in [0.5, 0.6) is 0 Å². The summed E-state index contributed by atoms with van der Waals surface area (Å²) in [6, 6.07) is 0. The van der Waals surface area contributed by atoms with E-state index in [0.717, 1.165) is 37.5 Å². The molecule has 11 heteroatoms. The second-order valence-corrected chi connectivity index (χ2v) is 19.6. The minimum Gasteiger partial charge on any atom is -0.691 e. The largest absolute Gasteiger partial charge is 2.00 e.